The van der Waals surface area contributed by atoms with Crippen molar-refractivity contribution in [3.05, 3.63) is 18.2 Å². The van der Waals surface area contributed by atoms with Crippen LogP contribution in [0.25, 0.3) is 0 Å². The van der Waals surface area contributed by atoms with Gasteiger partial charge in [0.15, 0.2) is 0 Å². The molecule has 1 aliphatic heterocycles. The Morgan fingerprint density at radius 1 is 1.04 bits per heavy atom. The molecule has 0 spiro atoms. The van der Waals surface area contributed by atoms with E-state index in [-0.39, 0.29) is 5.41 Å². The van der Waals surface area contributed by atoms with Crippen molar-refractivity contribution in [2.45, 2.75) is 58.4 Å². The summed E-state index contributed by atoms with van der Waals surface area (Å²) in [5, 5.41) is 0. The van der Waals surface area contributed by atoms with E-state index in [0.717, 1.165) is 63.4 Å². The van der Waals surface area contributed by atoms with Crippen molar-refractivity contribution in [1.29, 1.82) is 0 Å². The second-order valence-electron chi connectivity index (χ2n) is 9.72. The van der Waals surface area contributed by atoms with Crippen LogP contribution in [0.1, 0.15) is 51.3 Å². The molecule has 0 atom stereocenters. The third-order valence-corrected chi connectivity index (χ3v) is 7.93. The van der Waals surface area contributed by atoms with E-state index < -0.39 is 0 Å². The fourth-order valence-electron chi connectivity index (χ4n) is 6.99. The molecule has 0 unspecified atom stereocenters. The summed E-state index contributed by atoms with van der Waals surface area (Å²) in [7, 11) is 0. The first-order valence-electron chi connectivity index (χ1n) is 11.2. The van der Waals surface area contributed by atoms with Crippen LogP contribution in [0.3, 0.4) is 0 Å². The van der Waals surface area contributed by atoms with Gasteiger partial charge in [0.05, 0.1) is 5.41 Å². The molecule has 5 fully saturated rings. The summed E-state index contributed by atoms with van der Waals surface area (Å²) in [6.07, 6.45) is 12.8. The van der Waals surface area contributed by atoms with E-state index >= 15 is 0 Å². The highest BCUT2D eigenvalue weighted by atomic mass is 16.2. The Morgan fingerprint density at radius 2 is 1.67 bits per heavy atom. The molecule has 148 valence electrons. The molecule has 1 amide bonds. The van der Waals surface area contributed by atoms with Crippen molar-refractivity contribution < 1.29 is 4.79 Å². The van der Waals surface area contributed by atoms with Gasteiger partial charge >= 0.3 is 0 Å². The highest BCUT2D eigenvalue weighted by Gasteiger charge is 2.55. The van der Waals surface area contributed by atoms with Crippen molar-refractivity contribution in [3.63, 3.8) is 0 Å². The van der Waals surface area contributed by atoms with E-state index in [0.29, 0.717) is 5.91 Å². The van der Waals surface area contributed by atoms with Gasteiger partial charge in [-0.1, -0.05) is 6.92 Å². The summed E-state index contributed by atoms with van der Waals surface area (Å²) < 4.78 is 2.27. The third-order valence-electron chi connectivity index (χ3n) is 7.93. The minimum absolute atomic E-state index is 0.0315. The first-order chi connectivity index (χ1) is 13.1. The Labute approximate surface area is 163 Å². The molecule has 1 saturated heterocycles. The number of carbonyl (C=O) groups is 1. The Bertz CT molecular complexity index is 653. The summed E-state index contributed by atoms with van der Waals surface area (Å²) in [6, 6.07) is 0. The van der Waals surface area contributed by atoms with Crippen LogP contribution in [0.4, 0.5) is 0 Å². The molecular formula is C22H34N4O. The first kappa shape index (κ1) is 17.7. The van der Waals surface area contributed by atoms with Gasteiger partial charge in [-0.2, -0.15) is 0 Å². The Balaban J connectivity index is 1.16. The summed E-state index contributed by atoms with van der Waals surface area (Å²) >= 11 is 0. The Kier molecular flexibility index (Phi) is 4.53. The zero-order chi connectivity index (χ0) is 18.4. The van der Waals surface area contributed by atoms with Crippen molar-refractivity contribution in [2.75, 3.05) is 32.7 Å². The Morgan fingerprint density at radius 3 is 2.26 bits per heavy atom. The summed E-state index contributed by atoms with van der Waals surface area (Å²) in [5.41, 5.74) is 0.0315. The standard InChI is InChI=1S/C22H34N4O/c1-2-20-23-3-4-25(20)8-5-24-6-9-26(10-7-24)21(27)22-14-17-11-18(15-22)13-19(12-17)16-22/h3-4,17-19H,2,5-16H2,1H3. The predicted molar refractivity (Wildman–Crippen MR) is 105 cm³/mol. The van der Waals surface area contributed by atoms with Crippen molar-refractivity contribution in [3.8, 4) is 0 Å². The topological polar surface area (TPSA) is 41.4 Å². The van der Waals surface area contributed by atoms with Crippen molar-refractivity contribution in [2.24, 2.45) is 23.2 Å². The van der Waals surface area contributed by atoms with Crippen LogP contribution in [0.2, 0.25) is 0 Å². The van der Waals surface area contributed by atoms with E-state index in [1.165, 1.54) is 44.3 Å². The molecule has 0 aromatic carbocycles. The molecule has 4 aliphatic carbocycles. The minimum Gasteiger partial charge on any atom is -0.340 e. The Hall–Kier alpha value is -1.36. The average molecular weight is 371 g/mol. The molecule has 4 saturated carbocycles. The molecule has 2 heterocycles. The molecule has 1 aromatic heterocycles. The van der Waals surface area contributed by atoms with Crippen LogP contribution in [-0.4, -0.2) is 58.0 Å². The highest BCUT2D eigenvalue weighted by Crippen LogP contribution is 2.60. The van der Waals surface area contributed by atoms with Crippen LogP contribution in [0.5, 0.6) is 0 Å². The van der Waals surface area contributed by atoms with Crippen LogP contribution < -0.4 is 0 Å². The number of amides is 1. The molecular weight excluding hydrogens is 336 g/mol. The number of hydrogen-bond acceptors (Lipinski definition) is 3. The van der Waals surface area contributed by atoms with Gasteiger partial charge in [0, 0.05) is 58.1 Å². The van der Waals surface area contributed by atoms with Gasteiger partial charge < -0.3 is 9.47 Å². The largest absolute Gasteiger partial charge is 0.340 e. The van der Waals surface area contributed by atoms with Crippen LogP contribution in [0, 0.1) is 23.2 Å². The lowest BCUT2D eigenvalue weighted by molar-refractivity contribution is -0.159. The predicted octanol–water partition coefficient (Wildman–Crippen LogP) is 2.81. The summed E-state index contributed by atoms with van der Waals surface area (Å²) in [4.78, 5) is 22.6. The molecule has 6 rings (SSSR count). The SMILES string of the molecule is CCc1nccn1CCN1CCN(C(=O)C23CC4CC(CC(C4)C2)C3)CC1. The number of imidazole rings is 1. The zero-order valence-electron chi connectivity index (χ0n) is 16.8. The summed E-state index contributed by atoms with van der Waals surface area (Å²) in [5.74, 6) is 4.24. The van der Waals surface area contributed by atoms with Gasteiger partial charge in [-0.3, -0.25) is 9.69 Å². The van der Waals surface area contributed by atoms with Crippen molar-refractivity contribution >= 4 is 5.91 Å². The van der Waals surface area contributed by atoms with Gasteiger partial charge in [-0.15, -0.1) is 0 Å². The maximum absolute atomic E-state index is 13.5. The molecule has 1 aromatic rings. The minimum atomic E-state index is 0.0315. The lowest BCUT2D eigenvalue weighted by Crippen LogP contribution is -2.58. The number of aromatic nitrogens is 2. The maximum Gasteiger partial charge on any atom is 0.228 e. The van der Waals surface area contributed by atoms with E-state index in [1.807, 2.05) is 6.20 Å². The number of carbonyl (C=O) groups excluding carboxylic acids is 1. The lowest BCUT2D eigenvalue weighted by Gasteiger charge is -2.57. The second kappa shape index (κ2) is 6.91. The normalized spacial score (nSPS) is 35.7. The zero-order valence-corrected chi connectivity index (χ0v) is 16.8. The van der Waals surface area contributed by atoms with Gasteiger partial charge in [-0.25, -0.2) is 4.98 Å². The van der Waals surface area contributed by atoms with Crippen LogP contribution in [0.15, 0.2) is 12.4 Å². The van der Waals surface area contributed by atoms with E-state index in [4.69, 9.17) is 0 Å². The molecule has 4 bridgehead atoms. The number of hydrogen-bond donors (Lipinski definition) is 0. The number of nitrogens with zero attached hydrogens (tertiary/aromatic N) is 4. The van der Waals surface area contributed by atoms with E-state index in [9.17, 15) is 4.79 Å². The quantitative estimate of drug-likeness (QED) is 0.800. The van der Waals surface area contributed by atoms with Crippen molar-refractivity contribution in [1.82, 2.24) is 19.4 Å². The monoisotopic (exact) mass is 370 g/mol. The van der Waals surface area contributed by atoms with Crippen LogP contribution in [-0.2, 0) is 17.8 Å². The molecule has 5 heteroatoms. The molecule has 27 heavy (non-hydrogen) atoms. The van der Waals surface area contributed by atoms with E-state index in [1.54, 1.807) is 0 Å². The van der Waals surface area contributed by atoms with Gasteiger partial charge in [0.25, 0.3) is 0 Å². The molecule has 0 N–H and O–H groups in total. The van der Waals surface area contributed by atoms with Gasteiger partial charge in [0.1, 0.15) is 5.82 Å². The molecule has 0 radical (unpaired) electrons. The lowest BCUT2D eigenvalue weighted by atomic mass is 9.49. The van der Waals surface area contributed by atoms with Crippen LogP contribution >= 0.6 is 0 Å². The van der Waals surface area contributed by atoms with E-state index in [2.05, 4.69) is 32.5 Å². The molecule has 5 nitrogen and oxygen atoms in total. The fraction of sp³-hybridized carbons (Fsp3) is 0.818. The maximum atomic E-state index is 13.5. The third kappa shape index (κ3) is 3.22. The fourth-order valence-corrected chi connectivity index (χ4v) is 6.99. The van der Waals surface area contributed by atoms with Gasteiger partial charge in [0.2, 0.25) is 5.91 Å². The average Bonchev–Trinajstić information content (AvgIpc) is 3.13. The highest BCUT2D eigenvalue weighted by molar-refractivity contribution is 5.83. The second-order valence-corrected chi connectivity index (χ2v) is 9.72. The summed E-state index contributed by atoms with van der Waals surface area (Å²) in [6.45, 7) is 8.11. The molecule has 5 aliphatic rings. The number of piperazine rings is 1. The van der Waals surface area contributed by atoms with Gasteiger partial charge in [-0.05, 0) is 56.3 Å². The smallest absolute Gasteiger partial charge is 0.228 e. The first-order valence-corrected chi connectivity index (χ1v) is 11.2. The number of rotatable bonds is 5. The number of aryl methyl sites for hydroxylation is 1.